The molecule has 0 bridgehead atoms. The molecule has 0 aliphatic carbocycles. The summed E-state index contributed by atoms with van der Waals surface area (Å²) in [5, 5.41) is 3.02. The summed E-state index contributed by atoms with van der Waals surface area (Å²) in [4.78, 5) is 25.6. The first-order valence-electron chi connectivity index (χ1n) is 8.62. The van der Waals surface area contributed by atoms with E-state index in [4.69, 9.17) is 0 Å². The van der Waals surface area contributed by atoms with Gasteiger partial charge in [0.1, 0.15) is 5.70 Å². The Labute approximate surface area is 138 Å². The van der Waals surface area contributed by atoms with Gasteiger partial charge in [0.25, 0.3) is 11.8 Å². The van der Waals surface area contributed by atoms with Gasteiger partial charge in [-0.1, -0.05) is 63.6 Å². The number of carbonyl (C=O) groups excluding carboxylic acids is 2. The Morgan fingerprint density at radius 1 is 0.913 bits per heavy atom. The number of amides is 2. The number of anilines is 1. The predicted molar refractivity (Wildman–Crippen MR) is 92.9 cm³/mol. The van der Waals surface area contributed by atoms with E-state index < -0.39 is 0 Å². The van der Waals surface area contributed by atoms with Crippen molar-refractivity contribution >= 4 is 17.5 Å². The second-order valence-electron chi connectivity index (χ2n) is 5.97. The number of hydrogen-bond acceptors (Lipinski definition) is 3. The quantitative estimate of drug-likeness (QED) is 0.522. The third-order valence-electron chi connectivity index (χ3n) is 4.05. The molecule has 23 heavy (non-hydrogen) atoms. The van der Waals surface area contributed by atoms with Crippen molar-refractivity contribution < 1.29 is 9.59 Å². The number of rotatable bonds is 10. The molecule has 4 heteroatoms. The number of para-hydroxylation sites is 1. The fourth-order valence-electron chi connectivity index (χ4n) is 2.71. The van der Waals surface area contributed by atoms with Crippen LogP contribution in [0.3, 0.4) is 0 Å². The van der Waals surface area contributed by atoms with Crippen LogP contribution in [0.5, 0.6) is 0 Å². The maximum Gasteiger partial charge on any atom is 0.277 e. The van der Waals surface area contributed by atoms with Crippen LogP contribution in [0.2, 0.25) is 0 Å². The lowest BCUT2D eigenvalue weighted by Crippen LogP contribution is -2.33. The standard InChI is InChI=1S/C19H26N2O2/c1-2-3-4-5-6-7-11-14-21-18(22)15-17(19(21)23)20-16-12-9-8-10-13-16/h8-10,12-13,15,20H,2-7,11,14H2,1H3. The Hall–Kier alpha value is -2.10. The molecule has 1 N–H and O–H groups in total. The number of nitrogens with one attached hydrogen (secondary N) is 1. The maximum atomic E-state index is 12.3. The first-order valence-corrected chi connectivity index (χ1v) is 8.62. The zero-order valence-electron chi connectivity index (χ0n) is 13.9. The summed E-state index contributed by atoms with van der Waals surface area (Å²) >= 11 is 0. The van der Waals surface area contributed by atoms with Crippen molar-refractivity contribution in [3.8, 4) is 0 Å². The second-order valence-corrected chi connectivity index (χ2v) is 5.97. The van der Waals surface area contributed by atoms with Crippen molar-refractivity contribution in [3.63, 3.8) is 0 Å². The van der Waals surface area contributed by atoms with Gasteiger partial charge >= 0.3 is 0 Å². The highest BCUT2D eigenvalue weighted by Crippen LogP contribution is 2.17. The van der Waals surface area contributed by atoms with E-state index in [2.05, 4.69) is 12.2 Å². The van der Waals surface area contributed by atoms with Gasteiger partial charge in [-0.25, -0.2) is 0 Å². The van der Waals surface area contributed by atoms with Crippen molar-refractivity contribution in [3.05, 3.63) is 42.1 Å². The Kier molecular flexibility index (Phi) is 6.85. The first kappa shape index (κ1) is 17.3. The number of unbranched alkanes of at least 4 members (excludes halogenated alkanes) is 6. The molecule has 1 aromatic carbocycles. The summed E-state index contributed by atoms with van der Waals surface area (Å²) in [7, 11) is 0. The summed E-state index contributed by atoms with van der Waals surface area (Å²) in [6.07, 6.45) is 9.61. The van der Waals surface area contributed by atoms with Crippen LogP contribution < -0.4 is 5.32 Å². The molecule has 2 rings (SSSR count). The van der Waals surface area contributed by atoms with Gasteiger partial charge in [-0.05, 0) is 18.6 Å². The Bertz CT molecular complexity index is 552. The van der Waals surface area contributed by atoms with E-state index in [0.29, 0.717) is 12.2 Å². The van der Waals surface area contributed by atoms with Crippen LogP contribution in [0.15, 0.2) is 42.1 Å². The molecule has 1 aliphatic heterocycles. The van der Waals surface area contributed by atoms with Crippen molar-refractivity contribution in [2.45, 2.75) is 51.9 Å². The van der Waals surface area contributed by atoms with E-state index in [1.807, 2.05) is 30.3 Å². The zero-order chi connectivity index (χ0) is 16.5. The van der Waals surface area contributed by atoms with E-state index in [-0.39, 0.29) is 11.8 Å². The van der Waals surface area contributed by atoms with Gasteiger partial charge in [-0.3, -0.25) is 14.5 Å². The molecule has 4 nitrogen and oxygen atoms in total. The molecule has 1 aromatic rings. The van der Waals surface area contributed by atoms with Crippen LogP contribution in [0, 0.1) is 0 Å². The zero-order valence-corrected chi connectivity index (χ0v) is 13.9. The lowest BCUT2D eigenvalue weighted by atomic mass is 10.1. The van der Waals surface area contributed by atoms with Gasteiger partial charge in [-0.2, -0.15) is 0 Å². The third-order valence-corrected chi connectivity index (χ3v) is 4.05. The predicted octanol–water partition coefficient (Wildman–Crippen LogP) is 4.10. The molecule has 0 aromatic heterocycles. The second kappa shape index (κ2) is 9.13. The van der Waals surface area contributed by atoms with Gasteiger partial charge in [-0.15, -0.1) is 0 Å². The molecular weight excluding hydrogens is 288 g/mol. The van der Waals surface area contributed by atoms with Crippen LogP contribution in [0.25, 0.3) is 0 Å². The minimum Gasteiger partial charge on any atom is -0.351 e. The van der Waals surface area contributed by atoms with Crippen LogP contribution in [-0.4, -0.2) is 23.3 Å². The number of carbonyl (C=O) groups is 2. The highest BCUT2D eigenvalue weighted by atomic mass is 16.2. The van der Waals surface area contributed by atoms with E-state index in [1.165, 1.54) is 43.1 Å². The van der Waals surface area contributed by atoms with Gasteiger partial charge < -0.3 is 5.32 Å². The third kappa shape index (κ3) is 5.23. The van der Waals surface area contributed by atoms with Crippen LogP contribution in [-0.2, 0) is 9.59 Å². The van der Waals surface area contributed by atoms with Gasteiger partial charge in [0.05, 0.1) is 0 Å². The summed E-state index contributed by atoms with van der Waals surface area (Å²) in [6.45, 7) is 2.72. The van der Waals surface area contributed by atoms with Gasteiger partial charge in [0, 0.05) is 18.3 Å². The molecule has 0 spiro atoms. The monoisotopic (exact) mass is 314 g/mol. The van der Waals surface area contributed by atoms with E-state index >= 15 is 0 Å². The number of hydrogen-bond donors (Lipinski definition) is 1. The van der Waals surface area contributed by atoms with E-state index in [1.54, 1.807) is 0 Å². The fraction of sp³-hybridized carbons (Fsp3) is 0.474. The van der Waals surface area contributed by atoms with E-state index in [0.717, 1.165) is 18.5 Å². The molecule has 0 saturated carbocycles. The normalized spacial score (nSPS) is 14.3. The highest BCUT2D eigenvalue weighted by molar-refractivity contribution is 6.17. The maximum absolute atomic E-state index is 12.3. The van der Waals surface area contributed by atoms with Crippen LogP contribution >= 0.6 is 0 Å². The smallest absolute Gasteiger partial charge is 0.277 e. The molecular formula is C19H26N2O2. The Morgan fingerprint density at radius 3 is 2.26 bits per heavy atom. The lowest BCUT2D eigenvalue weighted by molar-refractivity contribution is -0.137. The van der Waals surface area contributed by atoms with Crippen molar-refractivity contribution in [2.75, 3.05) is 11.9 Å². The van der Waals surface area contributed by atoms with Crippen molar-refractivity contribution in [1.82, 2.24) is 4.90 Å². The first-order chi connectivity index (χ1) is 11.2. The molecule has 124 valence electrons. The summed E-state index contributed by atoms with van der Waals surface area (Å²) in [5.41, 5.74) is 1.18. The summed E-state index contributed by atoms with van der Waals surface area (Å²) in [6, 6.07) is 9.43. The molecule has 0 fully saturated rings. The molecule has 1 heterocycles. The Morgan fingerprint density at radius 2 is 1.57 bits per heavy atom. The molecule has 1 aliphatic rings. The largest absolute Gasteiger partial charge is 0.351 e. The minimum atomic E-state index is -0.218. The number of imide groups is 1. The van der Waals surface area contributed by atoms with Gasteiger partial charge in [0.15, 0.2) is 0 Å². The fourth-order valence-corrected chi connectivity index (χ4v) is 2.71. The van der Waals surface area contributed by atoms with Crippen LogP contribution in [0.1, 0.15) is 51.9 Å². The summed E-state index contributed by atoms with van der Waals surface area (Å²) < 4.78 is 0. The molecule has 0 radical (unpaired) electrons. The molecule has 2 amide bonds. The van der Waals surface area contributed by atoms with Crippen molar-refractivity contribution in [2.24, 2.45) is 0 Å². The average Bonchev–Trinajstić information content (AvgIpc) is 2.82. The minimum absolute atomic E-state index is 0.209. The number of nitrogens with zero attached hydrogens (tertiary/aromatic N) is 1. The highest BCUT2D eigenvalue weighted by Gasteiger charge is 2.30. The lowest BCUT2D eigenvalue weighted by Gasteiger charge is -2.15. The molecule has 0 atom stereocenters. The molecule has 0 saturated heterocycles. The Balaban J connectivity index is 1.73. The van der Waals surface area contributed by atoms with E-state index in [9.17, 15) is 9.59 Å². The van der Waals surface area contributed by atoms with Gasteiger partial charge in [0.2, 0.25) is 0 Å². The SMILES string of the molecule is CCCCCCCCCN1C(=O)C=C(Nc2ccccc2)C1=O. The summed E-state index contributed by atoms with van der Waals surface area (Å²) in [5.74, 6) is -0.427. The molecule has 0 unspecified atom stereocenters. The number of benzene rings is 1. The average molecular weight is 314 g/mol. The van der Waals surface area contributed by atoms with Crippen molar-refractivity contribution in [1.29, 1.82) is 0 Å². The van der Waals surface area contributed by atoms with Crippen LogP contribution in [0.4, 0.5) is 5.69 Å². The topological polar surface area (TPSA) is 49.4 Å².